The van der Waals surface area contributed by atoms with Crippen molar-refractivity contribution in [1.29, 1.82) is 0 Å². The van der Waals surface area contributed by atoms with Crippen molar-refractivity contribution < 1.29 is 0 Å². The molecule has 2 N–H and O–H groups in total. The molecule has 2 saturated carbocycles. The minimum atomic E-state index is 0.514. The van der Waals surface area contributed by atoms with Gasteiger partial charge in [0.1, 0.15) is 5.82 Å². The van der Waals surface area contributed by atoms with E-state index in [2.05, 4.69) is 27.3 Å². The second kappa shape index (κ2) is 7.44. The predicted octanol–water partition coefficient (Wildman–Crippen LogP) is 4.25. The number of hydrogen-bond donors (Lipinski definition) is 2. The van der Waals surface area contributed by atoms with Gasteiger partial charge in [0.25, 0.3) is 0 Å². The molecule has 4 nitrogen and oxygen atoms in total. The van der Waals surface area contributed by atoms with Crippen LogP contribution in [0.5, 0.6) is 0 Å². The van der Waals surface area contributed by atoms with E-state index in [1.165, 1.54) is 57.8 Å². The molecule has 2 atom stereocenters. The van der Waals surface area contributed by atoms with Gasteiger partial charge in [0.2, 0.25) is 0 Å². The van der Waals surface area contributed by atoms with Crippen molar-refractivity contribution in [2.45, 2.75) is 76.8 Å². The molecule has 0 spiro atoms. The Morgan fingerprint density at radius 3 is 2.64 bits per heavy atom. The van der Waals surface area contributed by atoms with Gasteiger partial charge in [-0.05, 0) is 43.8 Å². The lowest BCUT2D eigenvalue weighted by molar-refractivity contribution is 0.309. The molecule has 22 heavy (non-hydrogen) atoms. The Balaban J connectivity index is 1.58. The smallest absolute Gasteiger partial charge is 0.172 e. The molecule has 0 aliphatic heterocycles. The first-order valence-electron chi connectivity index (χ1n) is 8.85. The first kappa shape index (κ1) is 15.8. The summed E-state index contributed by atoms with van der Waals surface area (Å²) in [5, 5.41) is 12.2. The van der Waals surface area contributed by atoms with Gasteiger partial charge in [-0.25, -0.2) is 4.68 Å². The largest absolute Gasteiger partial charge is 0.359 e. The van der Waals surface area contributed by atoms with E-state index in [4.69, 9.17) is 12.2 Å². The lowest BCUT2D eigenvalue weighted by Gasteiger charge is -2.31. The molecule has 0 bridgehead atoms. The fourth-order valence-electron chi connectivity index (χ4n) is 3.88. The summed E-state index contributed by atoms with van der Waals surface area (Å²) in [7, 11) is 0. The quantitative estimate of drug-likeness (QED) is 0.817. The Bertz CT molecular complexity index is 493. The van der Waals surface area contributed by atoms with Gasteiger partial charge in [0.15, 0.2) is 5.11 Å². The molecule has 2 unspecified atom stereocenters. The Labute approximate surface area is 139 Å². The van der Waals surface area contributed by atoms with Crippen LogP contribution >= 0.6 is 12.2 Å². The lowest BCUT2D eigenvalue weighted by Crippen LogP contribution is -2.43. The van der Waals surface area contributed by atoms with Gasteiger partial charge in [-0.15, -0.1) is 0 Å². The minimum absolute atomic E-state index is 0.514. The van der Waals surface area contributed by atoms with Crippen LogP contribution in [0.2, 0.25) is 0 Å². The number of aromatic nitrogens is 2. The third-order valence-electron chi connectivity index (χ3n) is 5.26. The zero-order valence-corrected chi connectivity index (χ0v) is 14.4. The van der Waals surface area contributed by atoms with Gasteiger partial charge < -0.3 is 10.6 Å². The molecular formula is C17H28N4S. The van der Waals surface area contributed by atoms with Crippen LogP contribution in [0, 0.1) is 5.92 Å². The number of rotatable bonds is 3. The summed E-state index contributed by atoms with van der Waals surface area (Å²) in [5.74, 6) is 1.74. The minimum Gasteiger partial charge on any atom is -0.359 e. The van der Waals surface area contributed by atoms with Crippen LogP contribution < -0.4 is 10.6 Å². The second-order valence-corrected chi connectivity index (χ2v) is 7.33. The van der Waals surface area contributed by atoms with Gasteiger partial charge in [0.05, 0.1) is 12.2 Å². The SMILES string of the molecule is CC1CCCCC1NC(=S)Nc1ccnn1C1CCCCC1. The fourth-order valence-corrected chi connectivity index (χ4v) is 4.14. The summed E-state index contributed by atoms with van der Waals surface area (Å²) in [6, 6.07) is 3.08. The summed E-state index contributed by atoms with van der Waals surface area (Å²) in [6.07, 6.45) is 13.5. The summed E-state index contributed by atoms with van der Waals surface area (Å²) >= 11 is 5.53. The number of anilines is 1. The second-order valence-electron chi connectivity index (χ2n) is 6.92. The molecule has 1 aromatic heterocycles. The van der Waals surface area contributed by atoms with Crippen LogP contribution in [-0.2, 0) is 0 Å². The maximum atomic E-state index is 5.53. The highest BCUT2D eigenvalue weighted by atomic mass is 32.1. The Morgan fingerprint density at radius 2 is 1.86 bits per heavy atom. The molecule has 5 heteroatoms. The number of hydrogen-bond acceptors (Lipinski definition) is 2. The van der Waals surface area contributed by atoms with Crippen molar-refractivity contribution in [1.82, 2.24) is 15.1 Å². The van der Waals surface area contributed by atoms with Crippen molar-refractivity contribution >= 4 is 23.1 Å². The Kier molecular flexibility index (Phi) is 5.34. The molecule has 0 amide bonds. The van der Waals surface area contributed by atoms with E-state index in [1.54, 1.807) is 0 Å². The van der Waals surface area contributed by atoms with E-state index in [0.29, 0.717) is 18.0 Å². The Morgan fingerprint density at radius 1 is 1.14 bits per heavy atom. The van der Waals surface area contributed by atoms with Crippen molar-refractivity contribution in [2.24, 2.45) is 5.92 Å². The Hall–Kier alpha value is -1.10. The summed E-state index contributed by atoms with van der Waals surface area (Å²) in [5.41, 5.74) is 0. The molecule has 0 aromatic carbocycles. The molecule has 0 saturated heterocycles. The average molecular weight is 321 g/mol. The van der Waals surface area contributed by atoms with E-state index < -0.39 is 0 Å². The average Bonchev–Trinajstić information content (AvgIpc) is 2.98. The van der Waals surface area contributed by atoms with Crippen LogP contribution in [0.1, 0.15) is 70.8 Å². The van der Waals surface area contributed by atoms with Crippen molar-refractivity contribution in [3.8, 4) is 0 Å². The van der Waals surface area contributed by atoms with Crippen LogP contribution in [-0.4, -0.2) is 20.9 Å². The molecule has 1 heterocycles. The first-order chi connectivity index (χ1) is 10.7. The monoisotopic (exact) mass is 320 g/mol. The zero-order chi connectivity index (χ0) is 15.4. The predicted molar refractivity (Wildman–Crippen MR) is 95.1 cm³/mol. The molecule has 3 rings (SSSR count). The van der Waals surface area contributed by atoms with E-state index in [-0.39, 0.29) is 0 Å². The van der Waals surface area contributed by atoms with Crippen molar-refractivity contribution in [3.05, 3.63) is 12.3 Å². The van der Waals surface area contributed by atoms with E-state index in [0.717, 1.165) is 10.9 Å². The molecule has 2 fully saturated rings. The van der Waals surface area contributed by atoms with Gasteiger partial charge in [-0.1, -0.05) is 39.0 Å². The standard InChI is InChI=1S/C17H28N4S/c1-13-7-5-6-10-15(13)19-17(22)20-16-11-12-18-21(16)14-8-3-2-4-9-14/h11-15H,2-10H2,1H3,(H2,19,20,22). The lowest BCUT2D eigenvalue weighted by atomic mass is 9.86. The summed E-state index contributed by atoms with van der Waals surface area (Å²) < 4.78 is 2.14. The number of thiocarbonyl (C=S) groups is 1. The van der Waals surface area contributed by atoms with Crippen molar-refractivity contribution in [3.63, 3.8) is 0 Å². The van der Waals surface area contributed by atoms with Crippen molar-refractivity contribution in [2.75, 3.05) is 5.32 Å². The molecule has 0 radical (unpaired) electrons. The van der Waals surface area contributed by atoms with Gasteiger partial charge in [-0.3, -0.25) is 0 Å². The van der Waals surface area contributed by atoms with Crippen LogP contribution in [0.4, 0.5) is 5.82 Å². The van der Waals surface area contributed by atoms with Gasteiger partial charge >= 0.3 is 0 Å². The van der Waals surface area contributed by atoms with Gasteiger partial charge in [0, 0.05) is 12.1 Å². The number of nitrogens with one attached hydrogen (secondary N) is 2. The van der Waals surface area contributed by atoms with E-state index in [9.17, 15) is 0 Å². The maximum Gasteiger partial charge on any atom is 0.172 e. The van der Waals surface area contributed by atoms with Crippen LogP contribution in [0.3, 0.4) is 0 Å². The van der Waals surface area contributed by atoms with Gasteiger partial charge in [-0.2, -0.15) is 5.10 Å². The molecular weight excluding hydrogens is 292 g/mol. The normalized spacial score (nSPS) is 26.6. The highest BCUT2D eigenvalue weighted by Gasteiger charge is 2.23. The third-order valence-corrected chi connectivity index (χ3v) is 5.48. The highest BCUT2D eigenvalue weighted by molar-refractivity contribution is 7.80. The highest BCUT2D eigenvalue weighted by Crippen LogP contribution is 2.30. The maximum absolute atomic E-state index is 5.53. The fraction of sp³-hybridized carbons (Fsp3) is 0.765. The molecule has 2 aliphatic rings. The first-order valence-corrected chi connectivity index (χ1v) is 9.26. The third kappa shape index (κ3) is 3.80. The van der Waals surface area contributed by atoms with E-state index in [1.807, 2.05) is 12.3 Å². The zero-order valence-electron chi connectivity index (χ0n) is 13.6. The topological polar surface area (TPSA) is 41.9 Å². The molecule has 1 aromatic rings. The van der Waals surface area contributed by atoms with E-state index >= 15 is 0 Å². The summed E-state index contributed by atoms with van der Waals surface area (Å²) in [4.78, 5) is 0. The summed E-state index contributed by atoms with van der Waals surface area (Å²) in [6.45, 7) is 2.33. The molecule has 122 valence electrons. The van der Waals surface area contributed by atoms with Crippen LogP contribution in [0.15, 0.2) is 12.3 Å². The number of nitrogens with zero attached hydrogens (tertiary/aromatic N) is 2. The molecule has 2 aliphatic carbocycles. The van der Waals surface area contributed by atoms with Crippen LogP contribution in [0.25, 0.3) is 0 Å².